The summed E-state index contributed by atoms with van der Waals surface area (Å²) in [6.45, 7) is 5.26. The van der Waals surface area contributed by atoms with E-state index in [1.54, 1.807) is 24.6 Å². The smallest absolute Gasteiger partial charge is 0.417 e. The van der Waals surface area contributed by atoms with Crippen molar-refractivity contribution in [3.63, 3.8) is 0 Å². The van der Waals surface area contributed by atoms with Crippen molar-refractivity contribution in [2.45, 2.75) is 44.4 Å². The van der Waals surface area contributed by atoms with Gasteiger partial charge in [-0.1, -0.05) is 0 Å². The molecule has 2 bridgehead atoms. The second kappa shape index (κ2) is 11.1. The van der Waals surface area contributed by atoms with Crippen molar-refractivity contribution in [1.29, 1.82) is 5.26 Å². The van der Waals surface area contributed by atoms with Crippen LogP contribution in [0, 0.1) is 24.1 Å². The Kier molecular flexibility index (Phi) is 7.53. The molecule has 3 aliphatic heterocycles. The number of nitriles is 1. The molecule has 0 saturated carbocycles. The second-order valence-corrected chi connectivity index (χ2v) is 11.8. The summed E-state index contributed by atoms with van der Waals surface area (Å²) < 4.78 is 67.7. The van der Waals surface area contributed by atoms with E-state index in [-0.39, 0.29) is 57.0 Å². The molecule has 13 heteroatoms. The average molecular weight is 611 g/mol. The number of rotatable bonds is 3. The maximum Gasteiger partial charge on any atom is 0.417 e. The van der Waals surface area contributed by atoms with E-state index < -0.39 is 23.1 Å². The van der Waals surface area contributed by atoms with Crippen molar-refractivity contribution in [1.82, 2.24) is 24.8 Å². The minimum atomic E-state index is -4.92. The normalized spacial score (nSPS) is 19.9. The number of nitrogens with zero attached hydrogens (tertiary/aromatic N) is 6. The number of methoxy groups -OCH3 is 1. The molecule has 232 valence electrons. The summed E-state index contributed by atoms with van der Waals surface area (Å²) in [6.07, 6.45) is -1.63. The van der Waals surface area contributed by atoms with Gasteiger partial charge >= 0.3 is 12.2 Å². The lowest BCUT2D eigenvalue weighted by Crippen LogP contribution is -2.51. The summed E-state index contributed by atoms with van der Waals surface area (Å²) in [6, 6.07) is 6.21. The predicted octanol–water partition coefficient (Wildman–Crippen LogP) is 4.98. The Balaban J connectivity index is 0.000000625. The number of halogens is 4. The fourth-order valence-electron chi connectivity index (χ4n) is 6.53. The minimum Gasteiger partial charge on any atom is -0.467 e. The number of likely N-dealkylation sites (tertiary alicyclic amines) is 1. The summed E-state index contributed by atoms with van der Waals surface area (Å²) in [5, 5.41) is 13.4. The van der Waals surface area contributed by atoms with Gasteiger partial charge in [0.05, 0.1) is 29.4 Å². The molecule has 0 radical (unpaired) electrons. The SMILES string of the molecule is CN1CCC1.COc1nc(N2CC3CCC(C2)N3)c2cc(C(F)(F)F)c(-c3c(C)n(C)c4ccc(N)c(C#N)c34)c(F)c2n1. The third-order valence-corrected chi connectivity index (χ3v) is 9.03. The standard InChI is InChI=1S/C27H25F4N7O.C4H9N/c1-12-20(21-16(9-32)18(33)6-7-19(21)37(12)2)22-17(27(29,30)31)8-15-24(23(22)28)35-26(39-3)36-25(15)38-10-13-4-5-14(11-38)34-13;1-5-3-2-4-5/h6-8,13-14,34H,4-5,10-11,33H2,1-3H3;2-4H2,1H3. The highest BCUT2D eigenvalue weighted by atomic mass is 19.4. The maximum absolute atomic E-state index is 16.6. The number of aromatic nitrogens is 3. The molecule has 0 aliphatic carbocycles. The zero-order valence-corrected chi connectivity index (χ0v) is 25.0. The molecular formula is C31H34F4N8O. The summed E-state index contributed by atoms with van der Waals surface area (Å²) in [5.74, 6) is -0.968. The first kappa shape index (κ1) is 29.9. The third-order valence-electron chi connectivity index (χ3n) is 9.03. The number of benzene rings is 2. The van der Waals surface area contributed by atoms with Gasteiger partial charge in [-0.2, -0.15) is 28.4 Å². The van der Waals surface area contributed by atoms with E-state index in [1.165, 1.54) is 32.7 Å². The van der Waals surface area contributed by atoms with Crippen LogP contribution in [-0.2, 0) is 13.2 Å². The third kappa shape index (κ3) is 4.95. The highest BCUT2D eigenvalue weighted by molar-refractivity contribution is 6.07. The second-order valence-electron chi connectivity index (χ2n) is 11.8. The first-order valence-corrected chi connectivity index (χ1v) is 14.6. The van der Waals surface area contributed by atoms with Gasteiger partial charge in [-0.15, -0.1) is 0 Å². The van der Waals surface area contributed by atoms with Gasteiger partial charge in [-0.05, 0) is 64.5 Å². The zero-order valence-electron chi connectivity index (χ0n) is 25.0. The molecule has 3 saturated heterocycles. The number of nitrogens with two attached hydrogens (primary N) is 1. The van der Waals surface area contributed by atoms with Crippen molar-refractivity contribution in [3.05, 3.63) is 40.8 Å². The van der Waals surface area contributed by atoms with E-state index in [4.69, 9.17) is 10.5 Å². The Morgan fingerprint density at radius 2 is 1.75 bits per heavy atom. The summed E-state index contributed by atoms with van der Waals surface area (Å²) in [4.78, 5) is 12.7. The van der Waals surface area contributed by atoms with Crippen LogP contribution < -0.4 is 20.7 Å². The fraction of sp³-hybridized carbons (Fsp3) is 0.452. The van der Waals surface area contributed by atoms with Crippen molar-refractivity contribution in [2.75, 3.05) is 51.0 Å². The van der Waals surface area contributed by atoms with E-state index in [0.29, 0.717) is 24.3 Å². The fourth-order valence-corrected chi connectivity index (χ4v) is 6.53. The first-order valence-electron chi connectivity index (χ1n) is 14.6. The molecule has 2 unspecified atom stereocenters. The highest BCUT2D eigenvalue weighted by Crippen LogP contribution is 2.48. The van der Waals surface area contributed by atoms with Crippen LogP contribution in [0.1, 0.15) is 36.1 Å². The van der Waals surface area contributed by atoms with Crippen molar-refractivity contribution >= 4 is 33.3 Å². The Bertz CT molecular complexity index is 1800. The highest BCUT2D eigenvalue weighted by Gasteiger charge is 2.40. The van der Waals surface area contributed by atoms with E-state index in [2.05, 4.69) is 27.2 Å². The predicted molar refractivity (Wildman–Crippen MR) is 161 cm³/mol. The van der Waals surface area contributed by atoms with Crippen molar-refractivity contribution < 1.29 is 22.3 Å². The number of hydrogen-bond acceptors (Lipinski definition) is 8. The van der Waals surface area contributed by atoms with Crippen LogP contribution >= 0.6 is 0 Å². The van der Waals surface area contributed by atoms with Gasteiger partial charge in [0.1, 0.15) is 17.4 Å². The van der Waals surface area contributed by atoms with Gasteiger partial charge in [0, 0.05) is 59.8 Å². The van der Waals surface area contributed by atoms with Crippen molar-refractivity contribution in [2.24, 2.45) is 7.05 Å². The number of ether oxygens (including phenoxy) is 1. The zero-order chi connectivity index (χ0) is 31.5. The van der Waals surface area contributed by atoms with Crippen LogP contribution in [0.3, 0.4) is 0 Å². The van der Waals surface area contributed by atoms with Crippen LogP contribution in [0.5, 0.6) is 6.01 Å². The maximum atomic E-state index is 16.6. The lowest BCUT2D eigenvalue weighted by Gasteiger charge is -2.34. The molecule has 2 atom stereocenters. The van der Waals surface area contributed by atoms with Gasteiger partial charge in [0.2, 0.25) is 0 Å². The Labute approximate surface area is 252 Å². The summed E-state index contributed by atoms with van der Waals surface area (Å²) in [5.41, 5.74) is 4.69. The lowest BCUT2D eigenvalue weighted by molar-refractivity contribution is -0.137. The molecule has 3 aliphatic rings. The number of anilines is 2. The van der Waals surface area contributed by atoms with E-state index in [9.17, 15) is 18.4 Å². The van der Waals surface area contributed by atoms with E-state index in [0.717, 1.165) is 18.9 Å². The van der Waals surface area contributed by atoms with Crippen LogP contribution in [0.25, 0.3) is 32.9 Å². The van der Waals surface area contributed by atoms with Gasteiger partial charge < -0.3 is 30.2 Å². The molecule has 44 heavy (non-hydrogen) atoms. The van der Waals surface area contributed by atoms with Gasteiger partial charge in [0.25, 0.3) is 0 Å². The quantitative estimate of drug-likeness (QED) is 0.247. The van der Waals surface area contributed by atoms with Crippen molar-refractivity contribution in [3.8, 4) is 23.2 Å². The van der Waals surface area contributed by atoms with Crippen LogP contribution in [0.4, 0.5) is 29.1 Å². The largest absolute Gasteiger partial charge is 0.467 e. The van der Waals surface area contributed by atoms with Crippen LogP contribution in [-0.4, -0.2) is 71.9 Å². The molecular weight excluding hydrogens is 576 g/mol. The summed E-state index contributed by atoms with van der Waals surface area (Å²) in [7, 11) is 5.11. The molecule has 3 N–H and O–H groups in total. The lowest BCUT2D eigenvalue weighted by atomic mass is 9.92. The molecule has 5 heterocycles. The van der Waals surface area contributed by atoms with E-state index >= 15 is 4.39 Å². The molecule has 0 amide bonds. The number of alkyl halides is 3. The van der Waals surface area contributed by atoms with Gasteiger partial charge in [-0.25, -0.2) is 4.39 Å². The first-order chi connectivity index (χ1) is 20.9. The molecule has 4 aromatic rings. The molecule has 7 rings (SSSR count). The van der Waals surface area contributed by atoms with Crippen LogP contribution in [0.15, 0.2) is 18.2 Å². The van der Waals surface area contributed by atoms with Gasteiger partial charge in [0.15, 0.2) is 5.82 Å². The number of aryl methyl sites for hydroxylation is 1. The summed E-state index contributed by atoms with van der Waals surface area (Å²) >= 11 is 0. The number of piperazine rings is 1. The Morgan fingerprint density at radius 1 is 1.09 bits per heavy atom. The Hall–Kier alpha value is -4.15. The monoisotopic (exact) mass is 610 g/mol. The molecule has 9 nitrogen and oxygen atoms in total. The van der Waals surface area contributed by atoms with Crippen LogP contribution in [0.2, 0.25) is 0 Å². The molecule has 2 aromatic carbocycles. The van der Waals surface area contributed by atoms with E-state index in [1.807, 2.05) is 11.0 Å². The number of fused-ring (bicyclic) bond motifs is 4. The number of nitrogen functional groups attached to an aromatic ring is 1. The Morgan fingerprint density at radius 3 is 2.30 bits per heavy atom. The number of nitrogens with one attached hydrogen (secondary N) is 1. The number of hydrogen-bond donors (Lipinski definition) is 2. The van der Waals surface area contributed by atoms with Gasteiger partial charge in [-0.3, -0.25) is 0 Å². The average Bonchev–Trinajstić information content (AvgIpc) is 3.44. The molecule has 3 fully saturated rings. The molecule has 0 spiro atoms. The minimum absolute atomic E-state index is 0.0175. The molecule has 2 aromatic heterocycles. The topological polar surface area (TPSA) is 108 Å².